The van der Waals surface area contributed by atoms with Crippen LogP contribution in [0, 0.1) is 6.57 Å². The molecule has 9 aromatic rings. The summed E-state index contributed by atoms with van der Waals surface area (Å²) >= 11 is 0. The molecular formula is C49H32N4O. The molecule has 0 atom stereocenters. The molecule has 0 N–H and O–H groups in total. The second kappa shape index (κ2) is 12.2. The summed E-state index contributed by atoms with van der Waals surface area (Å²) in [6.07, 6.45) is 0. The maximum Gasteiger partial charge on any atom is 0.187 e. The smallest absolute Gasteiger partial charge is 0.187 e. The van der Waals surface area contributed by atoms with Gasteiger partial charge in [0, 0.05) is 27.3 Å². The first-order valence-electron chi connectivity index (χ1n) is 18.1. The van der Waals surface area contributed by atoms with Crippen LogP contribution >= 0.6 is 0 Å². The van der Waals surface area contributed by atoms with Gasteiger partial charge in [0.25, 0.3) is 0 Å². The molecular weight excluding hydrogens is 661 g/mol. The van der Waals surface area contributed by atoms with Gasteiger partial charge in [0.05, 0.1) is 12.1 Å². The number of aromatic nitrogens is 3. The predicted molar refractivity (Wildman–Crippen MR) is 218 cm³/mol. The van der Waals surface area contributed by atoms with Crippen molar-refractivity contribution < 1.29 is 4.42 Å². The van der Waals surface area contributed by atoms with Gasteiger partial charge >= 0.3 is 0 Å². The van der Waals surface area contributed by atoms with Gasteiger partial charge < -0.3 is 4.42 Å². The largest absolute Gasteiger partial charge is 0.455 e. The highest BCUT2D eigenvalue weighted by Crippen LogP contribution is 2.52. The third-order valence-corrected chi connectivity index (χ3v) is 10.8. The molecule has 0 radical (unpaired) electrons. The van der Waals surface area contributed by atoms with E-state index in [1.807, 2.05) is 72.8 Å². The molecule has 10 rings (SSSR count). The van der Waals surface area contributed by atoms with Crippen molar-refractivity contribution in [3.63, 3.8) is 0 Å². The zero-order chi connectivity index (χ0) is 36.4. The van der Waals surface area contributed by atoms with E-state index in [2.05, 4.69) is 104 Å². The Bertz CT molecular complexity index is 2950. The molecule has 1 aliphatic carbocycles. The van der Waals surface area contributed by atoms with Crippen molar-refractivity contribution in [3.8, 4) is 67.5 Å². The van der Waals surface area contributed by atoms with Crippen LogP contribution in [0.4, 0.5) is 5.69 Å². The van der Waals surface area contributed by atoms with Gasteiger partial charge in [-0.3, -0.25) is 0 Å². The summed E-state index contributed by atoms with van der Waals surface area (Å²) in [6, 6.07) is 53.9. The van der Waals surface area contributed by atoms with Crippen molar-refractivity contribution in [3.05, 3.63) is 180 Å². The lowest BCUT2D eigenvalue weighted by Crippen LogP contribution is -2.14. The van der Waals surface area contributed by atoms with Crippen LogP contribution in [0.25, 0.3) is 94.3 Å². The molecule has 2 aromatic heterocycles. The minimum Gasteiger partial charge on any atom is -0.455 e. The van der Waals surface area contributed by atoms with Gasteiger partial charge in [-0.1, -0.05) is 159 Å². The summed E-state index contributed by atoms with van der Waals surface area (Å²) in [4.78, 5) is 19.4. The highest BCUT2D eigenvalue weighted by molar-refractivity contribution is 6.12. The SMILES string of the molecule is [C-]#[N+]c1ccc(-c2ccc(-c3ccc4c(oc5ccccc54)c3-c3nc(-c4ccccc4)nc(-c4cccc5c4-c4ccccc4C5(C)C)n3)cc2)cc1. The van der Waals surface area contributed by atoms with Crippen LogP contribution in [0.5, 0.6) is 0 Å². The Labute approximate surface area is 313 Å². The lowest BCUT2D eigenvalue weighted by molar-refractivity contribution is 0.660. The van der Waals surface area contributed by atoms with Gasteiger partial charge in [-0.05, 0) is 56.6 Å². The average Bonchev–Trinajstić information content (AvgIpc) is 3.73. The Morgan fingerprint density at radius 1 is 0.463 bits per heavy atom. The van der Waals surface area contributed by atoms with Gasteiger partial charge in [-0.2, -0.15) is 0 Å². The second-order valence-electron chi connectivity index (χ2n) is 14.3. The Balaban J connectivity index is 1.23. The predicted octanol–water partition coefficient (Wildman–Crippen LogP) is 13.0. The molecule has 7 aromatic carbocycles. The lowest BCUT2D eigenvalue weighted by atomic mass is 9.82. The van der Waals surface area contributed by atoms with E-state index in [-0.39, 0.29) is 5.41 Å². The van der Waals surface area contributed by atoms with E-state index in [0.717, 1.165) is 66.4 Å². The van der Waals surface area contributed by atoms with Crippen LogP contribution in [-0.2, 0) is 5.41 Å². The molecule has 0 saturated heterocycles. The molecule has 0 saturated carbocycles. The first kappa shape index (κ1) is 31.6. The summed E-state index contributed by atoms with van der Waals surface area (Å²) in [6.45, 7) is 11.9. The number of fused-ring (bicyclic) bond motifs is 6. The van der Waals surface area contributed by atoms with Gasteiger partial charge in [-0.25, -0.2) is 19.8 Å². The molecule has 1 aliphatic rings. The summed E-state index contributed by atoms with van der Waals surface area (Å²) in [7, 11) is 0. The van der Waals surface area contributed by atoms with Gasteiger partial charge in [0.1, 0.15) is 11.2 Å². The Morgan fingerprint density at radius 2 is 1.09 bits per heavy atom. The second-order valence-corrected chi connectivity index (χ2v) is 14.3. The van der Waals surface area contributed by atoms with E-state index in [4.69, 9.17) is 25.9 Å². The number of benzene rings is 7. The molecule has 0 spiro atoms. The normalized spacial score (nSPS) is 12.8. The topological polar surface area (TPSA) is 56.2 Å². The summed E-state index contributed by atoms with van der Waals surface area (Å²) in [5.41, 5.74) is 13.7. The lowest BCUT2D eigenvalue weighted by Gasteiger charge is -2.21. The van der Waals surface area contributed by atoms with Crippen LogP contribution in [0.15, 0.2) is 162 Å². The maximum absolute atomic E-state index is 7.33. The fourth-order valence-corrected chi connectivity index (χ4v) is 8.09. The van der Waals surface area contributed by atoms with Crippen molar-refractivity contribution in [2.75, 3.05) is 0 Å². The molecule has 254 valence electrons. The van der Waals surface area contributed by atoms with E-state index in [0.29, 0.717) is 23.2 Å². The van der Waals surface area contributed by atoms with Crippen LogP contribution in [0.1, 0.15) is 25.0 Å². The van der Waals surface area contributed by atoms with Crippen LogP contribution in [-0.4, -0.2) is 15.0 Å². The van der Waals surface area contributed by atoms with Crippen molar-refractivity contribution in [2.24, 2.45) is 0 Å². The van der Waals surface area contributed by atoms with Crippen molar-refractivity contribution in [1.29, 1.82) is 0 Å². The molecule has 54 heavy (non-hydrogen) atoms. The fourth-order valence-electron chi connectivity index (χ4n) is 8.09. The molecule has 5 nitrogen and oxygen atoms in total. The highest BCUT2D eigenvalue weighted by atomic mass is 16.3. The Morgan fingerprint density at radius 3 is 1.89 bits per heavy atom. The first-order valence-corrected chi connectivity index (χ1v) is 18.1. The van der Waals surface area contributed by atoms with Crippen LogP contribution in [0.2, 0.25) is 0 Å². The van der Waals surface area contributed by atoms with Crippen molar-refractivity contribution in [1.82, 2.24) is 15.0 Å². The summed E-state index contributed by atoms with van der Waals surface area (Å²) in [5.74, 6) is 1.75. The average molecular weight is 693 g/mol. The third-order valence-electron chi connectivity index (χ3n) is 10.8. The Hall–Kier alpha value is -7.16. The quantitative estimate of drug-likeness (QED) is 0.169. The summed E-state index contributed by atoms with van der Waals surface area (Å²) in [5, 5.41) is 2.04. The number of hydrogen-bond donors (Lipinski definition) is 0. The number of para-hydroxylation sites is 1. The van der Waals surface area contributed by atoms with E-state index in [1.54, 1.807) is 0 Å². The number of nitrogens with zero attached hydrogens (tertiary/aromatic N) is 4. The molecule has 0 unspecified atom stereocenters. The Kier molecular flexibility index (Phi) is 7.14. The molecule has 0 bridgehead atoms. The minimum absolute atomic E-state index is 0.168. The van der Waals surface area contributed by atoms with E-state index in [1.165, 1.54) is 16.7 Å². The maximum atomic E-state index is 7.33. The number of furan rings is 1. The highest BCUT2D eigenvalue weighted by Gasteiger charge is 2.37. The van der Waals surface area contributed by atoms with Crippen LogP contribution < -0.4 is 0 Å². The van der Waals surface area contributed by atoms with Gasteiger partial charge in [-0.15, -0.1) is 0 Å². The van der Waals surface area contributed by atoms with Crippen molar-refractivity contribution in [2.45, 2.75) is 19.3 Å². The third kappa shape index (κ3) is 4.96. The monoisotopic (exact) mass is 692 g/mol. The fraction of sp³-hybridized carbons (Fsp3) is 0.0612. The first-order chi connectivity index (χ1) is 26.5. The zero-order valence-electron chi connectivity index (χ0n) is 29.7. The van der Waals surface area contributed by atoms with E-state index >= 15 is 0 Å². The molecule has 5 heteroatoms. The molecule has 0 aliphatic heterocycles. The standard InChI is InChI=1S/C49H32N4O/c1-49(2)40-17-9-7-15-38(40)43-39(16-11-18-41(43)49)47-51-46(33-12-5-4-6-13-33)52-48(53-47)44-35(28-29-37-36-14-8-10-19-42(36)54-45(37)44)32-22-20-30(21-23-32)31-24-26-34(50-3)27-25-31/h4-29H,1-2H3. The molecule has 0 fully saturated rings. The van der Waals surface area contributed by atoms with Gasteiger partial charge in [0.15, 0.2) is 23.2 Å². The molecule has 2 heterocycles. The van der Waals surface area contributed by atoms with Crippen LogP contribution in [0.3, 0.4) is 0 Å². The summed E-state index contributed by atoms with van der Waals surface area (Å²) < 4.78 is 6.73. The molecule has 0 amide bonds. The number of hydrogen-bond acceptors (Lipinski definition) is 4. The van der Waals surface area contributed by atoms with E-state index < -0.39 is 0 Å². The van der Waals surface area contributed by atoms with Crippen molar-refractivity contribution >= 4 is 27.6 Å². The minimum atomic E-state index is -0.168. The van der Waals surface area contributed by atoms with Gasteiger partial charge in [0.2, 0.25) is 0 Å². The van der Waals surface area contributed by atoms with E-state index in [9.17, 15) is 0 Å². The zero-order valence-corrected chi connectivity index (χ0v) is 29.7. The number of rotatable bonds is 5.